The molecule has 1 amide bonds. The fourth-order valence-corrected chi connectivity index (χ4v) is 2.31. The van der Waals surface area contributed by atoms with E-state index in [2.05, 4.69) is 13.2 Å². The van der Waals surface area contributed by atoms with Crippen molar-refractivity contribution in [1.82, 2.24) is 4.72 Å². The van der Waals surface area contributed by atoms with Gasteiger partial charge in [-0.15, -0.1) is 0 Å². The first-order chi connectivity index (χ1) is 13.1. The van der Waals surface area contributed by atoms with Crippen LogP contribution in [0.2, 0.25) is 0 Å². The predicted octanol–water partition coefficient (Wildman–Crippen LogP) is 3.87. The lowest BCUT2D eigenvalue weighted by Crippen LogP contribution is -2.20. The van der Waals surface area contributed by atoms with E-state index in [1.807, 2.05) is 0 Å². The molecule has 0 unspecified atom stereocenters. The van der Waals surface area contributed by atoms with Crippen LogP contribution in [0.5, 0.6) is 11.5 Å². The van der Waals surface area contributed by atoms with Gasteiger partial charge in [-0.2, -0.15) is 13.2 Å². The quantitative estimate of drug-likeness (QED) is 0.205. The van der Waals surface area contributed by atoms with Crippen LogP contribution in [-0.4, -0.2) is 23.4 Å². The summed E-state index contributed by atoms with van der Waals surface area (Å²) in [6.45, 7) is 6.58. The van der Waals surface area contributed by atoms with Gasteiger partial charge in [-0.25, -0.2) is 9.59 Å². The lowest BCUT2D eigenvalue weighted by atomic mass is 10.1. The minimum atomic E-state index is -4.53. The molecule has 152 valence electrons. The Balaban J connectivity index is 2.66. The van der Waals surface area contributed by atoms with Crippen LogP contribution in [0.15, 0.2) is 43.5 Å². The lowest BCUT2D eigenvalue weighted by molar-refractivity contribution is -0.129. The smallest absolute Gasteiger partial charge is 0.423 e. The van der Waals surface area contributed by atoms with Crippen LogP contribution in [0.25, 0.3) is 0 Å². The van der Waals surface area contributed by atoms with E-state index in [1.165, 1.54) is 12.1 Å². The van der Waals surface area contributed by atoms with Gasteiger partial charge in [0.1, 0.15) is 11.5 Å². The summed E-state index contributed by atoms with van der Waals surface area (Å²) >= 11 is -0.599. The number of hydrogen-bond acceptors (Lipinski definition) is 6. The average Bonchev–Trinajstić information content (AvgIpc) is 2.64. The number of hydrogen-bond donors (Lipinski definition) is 1. The molecule has 0 saturated heterocycles. The number of benzene rings is 1. The summed E-state index contributed by atoms with van der Waals surface area (Å²) in [6.07, 6.45) is 3.02. The summed E-state index contributed by atoms with van der Waals surface area (Å²) in [6, 6.07) is 4.43. The van der Waals surface area contributed by atoms with Crippen LogP contribution in [-0.2, 0) is 20.8 Å². The number of alkyl halides is 3. The number of esters is 2. The van der Waals surface area contributed by atoms with E-state index in [1.54, 1.807) is 10.8 Å². The van der Waals surface area contributed by atoms with Crippen molar-refractivity contribution in [3.05, 3.63) is 49.1 Å². The number of aryl methyl sites for hydroxylation is 1. The molecule has 0 bridgehead atoms. The molecule has 0 fully saturated rings. The third-order valence-electron chi connectivity index (χ3n) is 3.18. The first-order valence-electron chi connectivity index (χ1n) is 7.99. The number of nitrogens with one attached hydrogen (secondary N) is 1. The second-order valence-corrected chi connectivity index (χ2v) is 6.17. The van der Waals surface area contributed by atoms with Gasteiger partial charge < -0.3 is 9.47 Å². The molecule has 0 spiro atoms. The fourth-order valence-electron chi connectivity index (χ4n) is 1.97. The molecule has 0 saturated carbocycles. The van der Waals surface area contributed by atoms with Gasteiger partial charge in [0.25, 0.3) is 0 Å². The predicted molar refractivity (Wildman–Crippen MR) is 97.4 cm³/mol. The maximum atomic E-state index is 12.0. The van der Waals surface area contributed by atoms with Gasteiger partial charge in [0.15, 0.2) is 0 Å². The molecule has 0 radical (unpaired) electrons. The van der Waals surface area contributed by atoms with Crippen molar-refractivity contribution >= 4 is 29.8 Å². The summed E-state index contributed by atoms with van der Waals surface area (Å²) in [5, 5.41) is 0. The summed E-state index contributed by atoms with van der Waals surface area (Å²) in [5.74, 6) is -1.83. The summed E-state index contributed by atoms with van der Waals surface area (Å²) in [5.41, 5.74) is -3.94. The van der Waals surface area contributed by atoms with Crippen LogP contribution >= 0.6 is 11.9 Å². The van der Waals surface area contributed by atoms with E-state index < -0.39 is 35.3 Å². The molecule has 1 aromatic rings. The third kappa shape index (κ3) is 9.26. The third-order valence-corrected chi connectivity index (χ3v) is 3.74. The van der Waals surface area contributed by atoms with Crippen LogP contribution < -0.4 is 14.2 Å². The highest BCUT2D eigenvalue weighted by Crippen LogP contribution is 2.28. The van der Waals surface area contributed by atoms with Crippen LogP contribution in [0.3, 0.4) is 0 Å². The minimum Gasteiger partial charge on any atom is -0.423 e. The van der Waals surface area contributed by atoms with Crippen LogP contribution in [0.1, 0.15) is 24.8 Å². The number of halogens is 3. The monoisotopic (exact) mass is 417 g/mol. The Morgan fingerprint density at radius 3 is 2.32 bits per heavy atom. The molecule has 0 heterocycles. The highest BCUT2D eigenvalue weighted by atomic mass is 32.2. The topological polar surface area (TPSA) is 81.7 Å². The Hall–Kier alpha value is -2.75. The number of carbonyl (C=O) groups excluding carboxylic acids is 3. The van der Waals surface area contributed by atoms with E-state index in [0.717, 1.165) is 12.2 Å². The molecule has 0 atom stereocenters. The highest BCUT2D eigenvalue weighted by Gasteiger charge is 2.29. The van der Waals surface area contributed by atoms with Crippen molar-refractivity contribution in [1.29, 1.82) is 0 Å². The summed E-state index contributed by atoms with van der Waals surface area (Å²) in [7, 11) is 0. The van der Waals surface area contributed by atoms with Gasteiger partial charge in [-0.3, -0.25) is 9.52 Å². The van der Waals surface area contributed by atoms with Crippen LogP contribution in [0, 0.1) is 0 Å². The van der Waals surface area contributed by atoms with E-state index in [-0.39, 0.29) is 17.9 Å². The van der Waals surface area contributed by atoms with Crippen molar-refractivity contribution < 1.29 is 37.0 Å². The van der Waals surface area contributed by atoms with Gasteiger partial charge in [-0.05, 0) is 30.9 Å². The highest BCUT2D eigenvalue weighted by molar-refractivity contribution is 7.98. The Morgan fingerprint density at radius 1 is 1.07 bits per heavy atom. The maximum absolute atomic E-state index is 12.0. The molecule has 0 aliphatic heterocycles. The standard InChI is InChI=1S/C18H18F3NO5S/c1-3-16(24)26-13-10-9-12(14(11-13)27-17(25)4-2)7-5-6-8-15(23)22-28-18(19,20)21/h3-4,9-11H,1-2,5-8H2,(H,22,23). The van der Waals surface area contributed by atoms with Crippen molar-refractivity contribution in [3.8, 4) is 11.5 Å². The SMILES string of the molecule is C=CC(=O)Oc1ccc(CCCCC(=O)NSC(F)(F)F)c(OC(=O)C=C)c1. The Bertz CT molecular complexity index is 749. The maximum Gasteiger partial charge on any atom is 0.461 e. The molecule has 6 nitrogen and oxygen atoms in total. The number of carbonyl (C=O) groups is 3. The molecule has 10 heteroatoms. The Morgan fingerprint density at radius 2 is 1.71 bits per heavy atom. The zero-order valence-electron chi connectivity index (χ0n) is 14.7. The largest absolute Gasteiger partial charge is 0.461 e. The zero-order valence-corrected chi connectivity index (χ0v) is 15.5. The molecular formula is C18H18F3NO5S. The Labute approximate surface area is 163 Å². The molecule has 1 rings (SSSR count). The second kappa shape index (κ2) is 11.2. The van der Waals surface area contributed by atoms with Gasteiger partial charge in [0.05, 0.1) is 11.9 Å². The molecular weight excluding hydrogens is 399 g/mol. The van der Waals surface area contributed by atoms with Crippen molar-refractivity contribution in [2.45, 2.75) is 31.2 Å². The first-order valence-corrected chi connectivity index (χ1v) is 8.81. The van der Waals surface area contributed by atoms with Crippen molar-refractivity contribution in [2.75, 3.05) is 0 Å². The van der Waals surface area contributed by atoms with E-state index in [0.29, 0.717) is 24.8 Å². The lowest BCUT2D eigenvalue weighted by Gasteiger charge is -2.11. The minimum absolute atomic E-state index is 0.0834. The first kappa shape index (κ1) is 23.3. The molecule has 0 aliphatic carbocycles. The van der Waals surface area contributed by atoms with Crippen LogP contribution in [0.4, 0.5) is 13.2 Å². The van der Waals surface area contributed by atoms with E-state index in [9.17, 15) is 27.6 Å². The van der Waals surface area contributed by atoms with E-state index >= 15 is 0 Å². The summed E-state index contributed by atoms with van der Waals surface area (Å²) < 4.78 is 47.8. The normalized spacial score (nSPS) is 10.7. The molecule has 1 N–H and O–H groups in total. The molecule has 1 aromatic carbocycles. The average molecular weight is 417 g/mol. The number of rotatable bonds is 10. The van der Waals surface area contributed by atoms with Gasteiger partial charge in [0.2, 0.25) is 5.91 Å². The van der Waals surface area contributed by atoms with Gasteiger partial charge >= 0.3 is 17.4 Å². The molecule has 0 aromatic heterocycles. The van der Waals surface area contributed by atoms with Gasteiger partial charge in [-0.1, -0.05) is 19.2 Å². The molecule has 0 aliphatic rings. The van der Waals surface area contributed by atoms with Gasteiger partial charge in [0, 0.05) is 24.6 Å². The zero-order chi connectivity index (χ0) is 21.2. The Kier molecular flexibility index (Phi) is 9.29. The number of amides is 1. The fraction of sp³-hybridized carbons (Fsp3) is 0.278. The van der Waals surface area contributed by atoms with Crippen molar-refractivity contribution in [3.63, 3.8) is 0 Å². The van der Waals surface area contributed by atoms with E-state index in [4.69, 9.17) is 9.47 Å². The summed E-state index contributed by atoms with van der Waals surface area (Å²) in [4.78, 5) is 34.1. The van der Waals surface area contributed by atoms with Crippen molar-refractivity contribution in [2.24, 2.45) is 0 Å². The number of ether oxygens (including phenoxy) is 2. The number of unbranched alkanes of at least 4 members (excludes halogenated alkanes) is 1. The second-order valence-electron chi connectivity index (χ2n) is 5.30. The molecule has 28 heavy (non-hydrogen) atoms.